The zero-order chi connectivity index (χ0) is 17.9. The fourth-order valence-electron chi connectivity index (χ4n) is 3.21. The zero-order valence-electron chi connectivity index (χ0n) is 14.1. The average molecular weight is 367 g/mol. The summed E-state index contributed by atoms with van der Waals surface area (Å²) in [5.41, 5.74) is 0. The summed E-state index contributed by atoms with van der Waals surface area (Å²) in [5, 5.41) is 0. The highest BCUT2D eigenvalue weighted by Crippen LogP contribution is 2.30. The van der Waals surface area contributed by atoms with Crippen LogP contribution in [0.2, 0.25) is 0 Å². The quantitative estimate of drug-likeness (QED) is 0.785. The fraction of sp³-hybridized carbons (Fsp3) is 0.471. The number of methoxy groups -OCH3 is 1. The molecule has 2 aromatic rings. The highest BCUT2D eigenvalue weighted by Gasteiger charge is 2.32. The van der Waals surface area contributed by atoms with Crippen molar-refractivity contribution in [2.75, 3.05) is 26.8 Å². The van der Waals surface area contributed by atoms with Gasteiger partial charge in [0.25, 0.3) is 0 Å². The van der Waals surface area contributed by atoms with Crippen LogP contribution < -0.4 is 0 Å². The Morgan fingerprint density at radius 3 is 2.68 bits per heavy atom. The van der Waals surface area contributed by atoms with E-state index in [1.165, 1.54) is 28.6 Å². The summed E-state index contributed by atoms with van der Waals surface area (Å²) in [5.74, 6) is 0.443. The van der Waals surface area contributed by atoms with E-state index in [9.17, 15) is 12.8 Å². The molecule has 1 aromatic carbocycles. The predicted molar refractivity (Wildman–Crippen MR) is 91.2 cm³/mol. The van der Waals surface area contributed by atoms with Crippen LogP contribution in [0.25, 0.3) is 0 Å². The first-order valence-corrected chi connectivity index (χ1v) is 9.72. The Balaban J connectivity index is 1.70. The first kappa shape index (κ1) is 18.0. The molecule has 1 aromatic heterocycles. The highest BCUT2D eigenvalue weighted by atomic mass is 32.2. The maximum absolute atomic E-state index is 13.9. The molecule has 8 heteroatoms. The Morgan fingerprint density at radius 1 is 1.28 bits per heavy atom. The van der Waals surface area contributed by atoms with Crippen molar-refractivity contribution >= 4 is 10.0 Å². The van der Waals surface area contributed by atoms with Gasteiger partial charge in [0, 0.05) is 45.1 Å². The minimum atomic E-state index is -3.80. The Morgan fingerprint density at radius 2 is 2.00 bits per heavy atom. The lowest BCUT2D eigenvalue weighted by Gasteiger charge is -2.31. The predicted octanol–water partition coefficient (Wildman–Crippen LogP) is 2.24. The molecule has 2 heterocycles. The van der Waals surface area contributed by atoms with Crippen LogP contribution in [0.5, 0.6) is 0 Å². The second-order valence-corrected chi connectivity index (χ2v) is 7.99. The van der Waals surface area contributed by atoms with Gasteiger partial charge in [-0.05, 0) is 25.0 Å². The van der Waals surface area contributed by atoms with E-state index in [0.717, 1.165) is 12.4 Å². The number of benzene rings is 1. The highest BCUT2D eigenvalue weighted by molar-refractivity contribution is 7.89. The third-order valence-corrected chi connectivity index (χ3v) is 6.49. The summed E-state index contributed by atoms with van der Waals surface area (Å²) >= 11 is 0. The van der Waals surface area contributed by atoms with Crippen LogP contribution in [0.1, 0.15) is 24.6 Å². The first-order valence-electron chi connectivity index (χ1n) is 8.28. The fourth-order valence-corrected chi connectivity index (χ4v) is 4.74. The Kier molecular flexibility index (Phi) is 5.51. The van der Waals surface area contributed by atoms with Gasteiger partial charge >= 0.3 is 0 Å². The number of aromatic nitrogens is 2. The number of piperidine rings is 1. The van der Waals surface area contributed by atoms with E-state index >= 15 is 0 Å². The summed E-state index contributed by atoms with van der Waals surface area (Å²) in [7, 11) is -2.14. The third kappa shape index (κ3) is 3.75. The van der Waals surface area contributed by atoms with Gasteiger partial charge in [-0.3, -0.25) is 0 Å². The van der Waals surface area contributed by atoms with Gasteiger partial charge in [-0.1, -0.05) is 12.1 Å². The molecular weight excluding hydrogens is 345 g/mol. The van der Waals surface area contributed by atoms with Crippen molar-refractivity contribution in [1.29, 1.82) is 0 Å². The Labute approximate surface area is 147 Å². The molecule has 0 unspecified atom stereocenters. The minimum Gasteiger partial charge on any atom is -0.383 e. The molecule has 1 saturated heterocycles. The van der Waals surface area contributed by atoms with Crippen molar-refractivity contribution in [3.05, 3.63) is 48.3 Å². The number of halogens is 1. The van der Waals surface area contributed by atoms with Crippen LogP contribution in [0.15, 0.2) is 41.6 Å². The lowest BCUT2D eigenvalue weighted by molar-refractivity contribution is 0.185. The number of hydrogen-bond donors (Lipinski definition) is 0. The van der Waals surface area contributed by atoms with Gasteiger partial charge < -0.3 is 9.30 Å². The van der Waals surface area contributed by atoms with Crippen molar-refractivity contribution in [3.8, 4) is 0 Å². The van der Waals surface area contributed by atoms with Crippen LogP contribution in [-0.2, 0) is 21.3 Å². The van der Waals surface area contributed by atoms with E-state index < -0.39 is 15.8 Å². The number of nitrogens with zero attached hydrogens (tertiary/aromatic N) is 3. The van der Waals surface area contributed by atoms with Gasteiger partial charge in [-0.15, -0.1) is 0 Å². The van der Waals surface area contributed by atoms with E-state index in [2.05, 4.69) is 9.55 Å². The molecule has 25 heavy (non-hydrogen) atoms. The van der Waals surface area contributed by atoms with Crippen molar-refractivity contribution in [1.82, 2.24) is 13.9 Å². The van der Waals surface area contributed by atoms with E-state index in [0.29, 0.717) is 32.5 Å². The molecule has 0 N–H and O–H groups in total. The lowest BCUT2D eigenvalue weighted by Crippen LogP contribution is -2.38. The molecule has 1 aliphatic heterocycles. The smallest absolute Gasteiger partial charge is 0.245 e. The largest absolute Gasteiger partial charge is 0.383 e. The van der Waals surface area contributed by atoms with Crippen molar-refractivity contribution < 1.29 is 17.5 Å². The van der Waals surface area contributed by atoms with Crippen LogP contribution in [-0.4, -0.2) is 49.1 Å². The second-order valence-electron chi connectivity index (χ2n) is 6.08. The van der Waals surface area contributed by atoms with E-state index in [1.807, 2.05) is 6.20 Å². The van der Waals surface area contributed by atoms with Crippen LogP contribution in [0, 0.1) is 5.82 Å². The average Bonchev–Trinajstić information content (AvgIpc) is 3.09. The van der Waals surface area contributed by atoms with E-state index in [1.54, 1.807) is 13.3 Å². The molecule has 1 fully saturated rings. The van der Waals surface area contributed by atoms with Crippen LogP contribution >= 0.6 is 0 Å². The van der Waals surface area contributed by atoms with E-state index in [-0.39, 0.29) is 10.8 Å². The molecule has 136 valence electrons. The summed E-state index contributed by atoms with van der Waals surface area (Å²) in [6, 6.07) is 5.51. The summed E-state index contributed by atoms with van der Waals surface area (Å²) < 4.78 is 47.7. The molecule has 0 spiro atoms. The summed E-state index contributed by atoms with van der Waals surface area (Å²) in [4.78, 5) is 4.18. The topological polar surface area (TPSA) is 64.4 Å². The molecule has 0 amide bonds. The maximum atomic E-state index is 13.9. The monoisotopic (exact) mass is 367 g/mol. The second kappa shape index (κ2) is 7.63. The Hall–Kier alpha value is -1.77. The molecule has 6 nitrogen and oxygen atoms in total. The van der Waals surface area contributed by atoms with Crippen LogP contribution in [0.3, 0.4) is 0 Å². The zero-order valence-corrected chi connectivity index (χ0v) is 15.0. The molecular formula is C17H22FN3O3S. The van der Waals surface area contributed by atoms with Gasteiger partial charge in [-0.25, -0.2) is 17.8 Å². The molecule has 0 saturated carbocycles. The number of sulfonamides is 1. The van der Waals surface area contributed by atoms with Gasteiger partial charge in [0.15, 0.2) is 0 Å². The van der Waals surface area contributed by atoms with E-state index in [4.69, 9.17) is 4.74 Å². The molecule has 3 rings (SSSR count). The number of rotatable bonds is 6. The van der Waals surface area contributed by atoms with Crippen molar-refractivity contribution in [2.45, 2.75) is 30.2 Å². The van der Waals surface area contributed by atoms with Gasteiger partial charge in [0.1, 0.15) is 16.5 Å². The summed E-state index contributed by atoms with van der Waals surface area (Å²) in [6.07, 6.45) is 5.00. The standard InChI is InChI=1S/C17H22FN3O3S/c1-24-13-12-20-11-8-19-17(20)14-6-9-21(10-7-14)25(22,23)16-5-3-2-4-15(16)18/h2-5,8,11,14H,6-7,9-10,12-13H2,1H3. The number of imidazole rings is 1. The maximum Gasteiger partial charge on any atom is 0.245 e. The molecule has 0 aliphatic carbocycles. The van der Waals surface area contributed by atoms with Crippen molar-refractivity contribution in [2.24, 2.45) is 0 Å². The molecule has 0 bridgehead atoms. The lowest BCUT2D eigenvalue weighted by atomic mass is 9.97. The number of ether oxygens (including phenoxy) is 1. The molecule has 0 atom stereocenters. The Bertz CT molecular complexity index is 814. The summed E-state index contributed by atoms with van der Waals surface area (Å²) in [6.45, 7) is 2.04. The minimum absolute atomic E-state index is 0.193. The normalized spacial score (nSPS) is 17.0. The molecule has 1 aliphatic rings. The van der Waals surface area contributed by atoms with Gasteiger partial charge in [0.2, 0.25) is 10.0 Å². The van der Waals surface area contributed by atoms with Gasteiger partial charge in [0.05, 0.1) is 6.61 Å². The number of hydrogen-bond acceptors (Lipinski definition) is 4. The third-order valence-electron chi connectivity index (χ3n) is 4.56. The molecule has 0 radical (unpaired) electrons. The van der Waals surface area contributed by atoms with Crippen LogP contribution in [0.4, 0.5) is 4.39 Å². The SMILES string of the molecule is COCCn1ccnc1C1CCN(S(=O)(=O)c2ccccc2F)CC1. The first-order chi connectivity index (χ1) is 12.0. The van der Waals surface area contributed by atoms with Gasteiger partial charge in [-0.2, -0.15) is 4.31 Å². The van der Waals surface area contributed by atoms with Crippen molar-refractivity contribution in [3.63, 3.8) is 0 Å².